The Morgan fingerprint density at radius 2 is 1.47 bits per heavy atom. The molecule has 1 aromatic carbocycles. The van der Waals surface area contributed by atoms with Crippen molar-refractivity contribution in [2.45, 2.75) is 6.92 Å². The average Bonchev–Trinajstić information content (AvgIpc) is 2.34. The Bertz CT molecular complexity index is 525. The van der Waals surface area contributed by atoms with E-state index in [1.54, 1.807) is 0 Å². The summed E-state index contributed by atoms with van der Waals surface area (Å²) in [5.74, 6) is -14.5. The second-order valence-electron chi connectivity index (χ2n) is 3.21. The van der Waals surface area contributed by atoms with Crippen molar-refractivity contribution in [2.24, 2.45) is 0 Å². The molecule has 8 heteroatoms. The van der Waals surface area contributed by atoms with Crippen LogP contribution in [-0.2, 0) is 9.53 Å². The Labute approximate surface area is 103 Å². The lowest BCUT2D eigenvalue weighted by Crippen LogP contribution is -2.14. The second-order valence-corrected chi connectivity index (χ2v) is 3.21. The zero-order valence-electron chi connectivity index (χ0n) is 9.40. The molecule has 0 unspecified atom stereocenters. The molecule has 0 saturated heterocycles. The Kier molecular flexibility index (Phi) is 4.47. The van der Waals surface area contributed by atoms with E-state index in [0.29, 0.717) is 0 Å². The Morgan fingerprint density at radius 3 is 1.89 bits per heavy atom. The molecule has 0 atom stereocenters. The molecule has 1 rings (SSSR count). The molecular weight excluding hydrogens is 275 g/mol. The number of esters is 1. The van der Waals surface area contributed by atoms with Crippen molar-refractivity contribution in [1.82, 2.24) is 0 Å². The summed E-state index contributed by atoms with van der Waals surface area (Å²) in [6, 6.07) is 0. The van der Waals surface area contributed by atoms with E-state index in [-0.39, 0.29) is 12.7 Å². The molecule has 0 heterocycles. The van der Waals surface area contributed by atoms with Gasteiger partial charge in [-0.2, -0.15) is 0 Å². The molecule has 104 valence electrons. The number of benzene rings is 1. The van der Waals surface area contributed by atoms with Crippen molar-refractivity contribution >= 4 is 11.7 Å². The van der Waals surface area contributed by atoms with Crippen LogP contribution in [0.25, 0.3) is 5.76 Å². The molecule has 1 aromatic rings. The minimum atomic E-state index is -2.39. The van der Waals surface area contributed by atoms with Gasteiger partial charge in [0.1, 0.15) is 0 Å². The smallest absolute Gasteiger partial charge is 0.330 e. The van der Waals surface area contributed by atoms with Crippen LogP contribution in [0, 0.1) is 29.1 Å². The molecule has 0 bridgehead atoms. The fraction of sp³-hybridized carbons (Fsp3) is 0.182. The molecule has 0 radical (unpaired) electrons. The van der Waals surface area contributed by atoms with Gasteiger partial charge < -0.3 is 9.84 Å². The number of carbonyl (C=O) groups is 1. The van der Waals surface area contributed by atoms with E-state index in [9.17, 15) is 31.9 Å². The van der Waals surface area contributed by atoms with Gasteiger partial charge >= 0.3 is 5.97 Å². The SMILES string of the molecule is CCOC(=O)/C=C(\[O-])c1c(F)c(F)c(F)c(F)c1F. The van der Waals surface area contributed by atoms with Crippen molar-refractivity contribution in [1.29, 1.82) is 0 Å². The van der Waals surface area contributed by atoms with Crippen molar-refractivity contribution in [3.63, 3.8) is 0 Å². The summed E-state index contributed by atoms with van der Waals surface area (Å²) in [5, 5.41) is 11.3. The van der Waals surface area contributed by atoms with Gasteiger partial charge in [0.15, 0.2) is 23.3 Å². The van der Waals surface area contributed by atoms with Crippen LogP contribution in [0.15, 0.2) is 6.08 Å². The van der Waals surface area contributed by atoms with Gasteiger partial charge in [-0.05, 0) is 6.92 Å². The van der Waals surface area contributed by atoms with Crippen LogP contribution in [0.2, 0.25) is 0 Å². The lowest BCUT2D eigenvalue weighted by atomic mass is 10.1. The zero-order valence-corrected chi connectivity index (χ0v) is 9.40. The summed E-state index contributed by atoms with van der Waals surface area (Å²) >= 11 is 0. The van der Waals surface area contributed by atoms with Gasteiger partial charge in [-0.25, -0.2) is 26.7 Å². The van der Waals surface area contributed by atoms with E-state index in [1.165, 1.54) is 6.92 Å². The first-order chi connectivity index (χ1) is 8.81. The second kappa shape index (κ2) is 5.68. The van der Waals surface area contributed by atoms with Gasteiger partial charge in [0.2, 0.25) is 5.82 Å². The third-order valence-electron chi connectivity index (χ3n) is 1.99. The van der Waals surface area contributed by atoms with Gasteiger partial charge in [0.25, 0.3) is 0 Å². The number of hydrogen-bond donors (Lipinski definition) is 0. The highest BCUT2D eigenvalue weighted by molar-refractivity contribution is 5.89. The molecular formula is C11H6F5O3-. The molecule has 0 aromatic heterocycles. The van der Waals surface area contributed by atoms with Crippen molar-refractivity contribution < 1.29 is 36.6 Å². The number of hydrogen-bond acceptors (Lipinski definition) is 3. The topological polar surface area (TPSA) is 49.4 Å². The summed E-state index contributed by atoms with van der Waals surface area (Å²) in [4.78, 5) is 10.9. The molecule has 19 heavy (non-hydrogen) atoms. The highest BCUT2D eigenvalue weighted by Crippen LogP contribution is 2.26. The first-order valence-corrected chi connectivity index (χ1v) is 4.88. The number of carbonyl (C=O) groups excluding carboxylic acids is 1. The van der Waals surface area contributed by atoms with E-state index in [4.69, 9.17) is 0 Å². The normalized spacial score (nSPS) is 11.6. The molecule has 0 aliphatic heterocycles. The summed E-state index contributed by atoms with van der Waals surface area (Å²) < 4.78 is 68.9. The summed E-state index contributed by atoms with van der Waals surface area (Å²) in [6.45, 7) is 1.27. The molecule has 0 amide bonds. The maximum Gasteiger partial charge on any atom is 0.330 e. The molecule has 0 aliphatic rings. The van der Waals surface area contributed by atoms with Gasteiger partial charge in [0.05, 0.1) is 6.61 Å². The summed E-state index contributed by atoms with van der Waals surface area (Å²) in [5.41, 5.74) is -1.70. The molecule has 3 nitrogen and oxygen atoms in total. The quantitative estimate of drug-likeness (QED) is 0.211. The lowest BCUT2D eigenvalue weighted by molar-refractivity contribution is -0.244. The highest BCUT2D eigenvalue weighted by atomic mass is 19.2. The van der Waals surface area contributed by atoms with Crippen LogP contribution in [0.5, 0.6) is 0 Å². The van der Waals surface area contributed by atoms with Crippen LogP contribution in [0.4, 0.5) is 22.0 Å². The fourth-order valence-electron chi connectivity index (χ4n) is 1.18. The number of halogens is 5. The largest absolute Gasteiger partial charge is 0.872 e. The predicted molar refractivity (Wildman–Crippen MR) is 50.8 cm³/mol. The first-order valence-electron chi connectivity index (χ1n) is 4.88. The molecule has 0 spiro atoms. The maximum atomic E-state index is 13.2. The molecule has 0 N–H and O–H groups in total. The summed E-state index contributed by atoms with van der Waals surface area (Å²) in [6.07, 6.45) is 0.0990. The first kappa shape index (κ1) is 14.9. The van der Waals surface area contributed by atoms with Crippen LogP contribution in [0.1, 0.15) is 12.5 Å². The van der Waals surface area contributed by atoms with Gasteiger partial charge in [-0.3, -0.25) is 0 Å². The van der Waals surface area contributed by atoms with Crippen molar-refractivity contribution in [2.75, 3.05) is 6.61 Å². The average molecular weight is 281 g/mol. The van der Waals surface area contributed by atoms with Gasteiger partial charge in [0, 0.05) is 11.6 Å². The van der Waals surface area contributed by atoms with Crippen LogP contribution < -0.4 is 5.11 Å². The summed E-state index contributed by atoms with van der Waals surface area (Å²) in [7, 11) is 0. The van der Waals surface area contributed by atoms with E-state index >= 15 is 0 Å². The third-order valence-corrected chi connectivity index (χ3v) is 1.99. The van der Waals surface area contributed by atoms with Crippen molar-refractivity contribution in [3.05, 3.63) is 40.7 Å². The van der Waals surface area contributed by atoms with Crippen molar-refractivity contribution in [3.8, 4) is 0 Å². The Hall–Kier alpha value is -2.12. The van der Waals surface area contributed by atoms with Crippen LogP contribution >= 0.6 is 0 Å². The minimum Gasteiger partial charge on any atom is -0.872 e. The zero-order chi connectivity index (χ0) is 14.7. The van der Waals surface area contributed by atoms with Crippen LogP contribution in [-0.4, -0.2) is 12.6 Å². The highest BCUT2D eigenvalue weighted by Gasteiger charge is 2.25. The lowest BCUT2D eigenvalue weighted by Gasteiger charge is -2.15. The van der Waals surface area contributed by atoms with Gasteiger partial charge in [-0.15, -0.1) is 0 Å². The monoisotopic (exact) mass is 281 g/mol. The van der Waals surface area contributed by atoms with E-state index in [0.717, 1.165) is 0 Å². The third kappa shape index (κ3) is 2.83. The number of ether oxygens (including phenoxy) is 1. The minimum absolute atomic E-state index is 0.0990. The van der Waals surface area contributed by atoms with Crippen LogP contribution in [0.3, 0.4) is 0 Å². The molecule has 0 saturated carbocycles. The molecule has 0 fully saturated rings. The maximum absolute atomic E-state index is 13.2. The van der Waals surface area contributed by atoms with E-state index in [1.807, 2.05) is 0 Å². The molecule has 0 aliphatic carbocycles. The standard InChI is InChI=1S/C11H7F5O3/c1-2-19-5(18)3-4(17)6-7(12)9(14)11(16)10(15)8(6)13/h3,17H,2H2,1H3/p-1/b4-3-. The Balaban J connectivity index is 3.39. The number of rotatable bonds is 3. The fourth-order valence-corrected chi connectivity index (χ4v) is 1.18. The van der Waals surface area contributed by atoms with Gasteiger partial charge in [-0.1, -0.05) is 5.76 Å². The van der Waals surface area contributed by atoms with E-state index < -0.39 is 46.4 Å². The Morgan fingerprint density at radius 1 is 1.05 bits per heavy atom. The van der Waals surface area contributed by atoms with E-state index in [2.05, 4.69) is 4.74 Å². The predicted octanol–water partition coefficient (Wildman–Crippen LogP) is 1.65.